The Labute approximate surface area is 183 Å². The molecule has 1 fully saturated rings. The number of para-hydroxylation sites is 1. The summed E-state index contributed by atoms with van der Waals surface area (Å²) < 4.78 is 5.97. The smallest absolute Gasteiger partial charge is 0.257 e. The summed E-state index contributed by atoms with van der Waals surface area (Å²) >= 11 is 12.2. The molecule has 0 spiro atoms. The molecular weight excluding hydrogens is 407 g/mol. The van der Waals surface area contributed by atoms with Crippen LogP contribution in [0.4, 0.5) is 0 Å². The average Bonchev–Trinajstić information content (AvgIpc) is 2.72. The van der Waals surface area contributed by atoms with Gasteiger partial charge in [-0.3, -0.25) is 4.79 Å². The summed E-state index contributed by atoms with van der Waals surface area (Å²) in [5.41, 5.74) is 1.40. The van der Waals surface area contributed by atoms with E-state index in [1.807, 2.05) is 42.3 Å². The first-order valence-electron chi connectivity index (χ1n) is 10.0. The molecule has 6 heteroatoms. The Hall–Kier alpha value is -1.75. The molecule has 0 radical (unpaired) electrons. The van der Waals surface area contributed by atoms with Gasteiger partial charge in [-0.1, -0.05) is 41.4 Å². The summed E-state index contributed by atoms with van der Waals surface area (Å²) in [5, 5.41) is 1.13. The quantitative estimate of drug-likeness (QED) is 0.599. The molecular formula is C23H28Cl2N2O2. The average molecular weight is 435 g/mol. The maximum absolute atomic E-state index is 13.2. The van der Waals surface area contributed by atoms with Crippen molar-refractivity contribution in [3.05, 3.63) is 63.6 Å². The molecule has 1 amide bonds. The van der Waals surface area contributed by atoms with Gasteiger partial charge in [0.2, 0.25) is 0 Å². The first-order chi connectivity index (χ1) is 13.9. The second kappa shape index (κ2) is 9.84. The third-order valence-corrected chi connectivity index (χ3v) is 6.20. The zero-order chi connectivity index (χ0) is 21.0. The molecule has 2 aromatic carbocycles. The minimum Gasteiger partial charge on any atom is -0.488 e. The van der Waals surface area contributed by atoms with Gasteiger partial charge in [0, 0.05) is 47.8 Å². The Kier molecular flexibility index (Phi) is 7.44. The zero-order valence-corrected chi connectivity index (χ0v) is 18.7. The first-order valence-corrected chi connectivity index (χ1v) is 10.8. The second-order valence-electron chi connectivity index (χ2n) is 7.80. The van der Waals surface area contributed by atoms with Crippen molar-refractivity contribution in [1.82, 2.24) is 9.80 Å². The van der Waals surface area contributed by atoms with E-state index < -0.39 is 0 Å². The molecule has 0 saturated carbocycles. The van der Waals surface area contributed by atoms with Crippen molar-refractivity contribution in [3.8, 4) is 5.75 Å². The van der Waals surface area contributed by atoms with Gasteiger partial charge in [0.15, 0.2) is 0 Å². The number of amides is 1. The molecule has 0 N–H and O–H groups in total. The highest BCUT2D eigenvalue weighted by molar-refractivity contribution is 6.35. The van der Waals surface area contributed by atoms with E-state index in [0.717, 1.165) is 31.5 Å². The number of ether oxygens (including phenoxy) is 1. The van der Waals surface area contributed by atoms with Crippen molar-refractivity contribution < 1.29 is 9.53 Å². The van der Waals surface area contributed by atoms with Gasteiger partial charge < -0.3 is 14.5 Å². The fraction of sp³-hybridized carbons (Fsp3) is 0.435. The monoisotopic (exact) mass is 434 g/mol. The van der Waals surface area contributed by atoms with E-state index in [4.69, 9.17) is 27.9 Å². The molecule has 29 heavy (non-hydrogen) atoms. The lowest BCUT2D eigenvalue weighted by molar-refractivity contribution is 0.0611. The molecule has 2 aromatic rings. The van der Waals surface area contributed by atoms with Crippen molar-refractivity contribution >= 4 is 29.1 Å². The van der Waals surface area contributed by atoms with Crippen LogP contribution in [0.15, 0.2) is 42.5 Å². The van der Waals surface area contributed by atoms with Crippen LogP contribution in [0.1, 0.15) is 42.6 Å². The van der Waals surface area contributed by atoms with E-state index in [9.17, 15) is 4.79 Å². The molecule has 156 valence electrons. The van der Waals surface area contributed by atoms with Gasteiger partial charge in [-0.2, -0.15) is 0 Å². The molecule has 0 atom stereocenters. The third-order valence-electron chi connectivity index (χ3n) is 5.61. The van der Waals surface area contributed by atoms with Crippen molar-refractivity contribution in [2.45, 2.75) is 45.4 Å². The summed E-state index contributed by atoms with van der Waals surface area (Å²) in [6.07, 6.45) is 1.98. The predicted molar refractivity (Wildman–Crippen MR) is 119 cm³/mol. The molecule has 0 unspecified atom stereocenters. The lowest BCUT2D eigenvalue weighted by Gasteiger charge is -2.38. The van der Waals surface area contributed by atoms with Crippen LogP contribution >= 0.6 is 23.2 Å². The molecule has 0 aliphatic carbocycles. The third kappa shape index (κ3) is 5.44. The molecule has 1 aliphatic heterocycles. The molecule has 0 bridgehead atoms. The fourth-order valence-electron chi connectivity index (χ4n) is 3.71. The number of nitrogens with zero attached hydrogens (tertiary/aromatic N) is 2. The van der Waals surface area contributed by atoms with E-state index in [1.54, 1.807) is 12.1 Å². The second-order valence-corrected chi connectivity index (χ2v) is 8.64. The topological polar surface area (TPSA) is 32.8 Å². The van der Waals surface area contributed by atoms with Crippen LogP contribution in [-0.2, 0) is 6.61 Å². The lowest BCUT2D eigenvalue weighted by Crippen LogP contribution is -2.47. The highest BCUT2D eigenvalue weighted by Crippen LogP contribution is 2.26. The number of hydrogen-bond acceptors (Lipinski definition) is 3. The molecule has 1 heterocycles. The maximum Gasteiger partial charge on any atom is 0.257 e. The molecule has 1 saturated heterocycles. The minimum absolute atomic E-state index is 0.00852. The molecule has 0 aromatic heterocycles. The highest BCUT2D eigenvalue weighted by Gasteiger charge is 2.28. The van der Waals surface area contributed by atoms with Gasteiger partial charge in [0.1, 0.15) is 12.4 Å². The number of halogens is 2. The van der Waals surface area contributed by atoms with Gasteiger partial charge >= 0.3 is 0 Å². The first kappa shape index (κ1) is 21.9. The van der Waals surface area contributed by atoms with Crippen LogP contribution in [0.3, 0.4) is 0 Å². The number of rotatable bonds is 6. The molecule has 3 rings (SSSR count). The fourth-order valence-corrected chi connectivity index (χ4v) is 4.17. The van der Waals surface area contributed by atoms with Gasteiger partial charge in [0.05, 0.1) is 5.56 Å². The van der Waals surface area contributed by atoms with Crippen molar-refractivity contribution in [2.75, 3.05) is 20.1 Å². The van der Waals surface area contributed by atoms with Gasteiger partial charge in [-0.15, -0.1) is 0 Å². The summed E-state index contributed by atoms with van der Waals surface area (Å²) in [5.74, 6) is 0.556. The van der Waals surface area contributed by atoms with E-state index in [1.165, 1.54) is 0 Å². The van der Waals surface area contributed by atoms with Crippen molar-refractivity contribution in [2.24, 2.45) is 0 Å². The van der Waals surface area contributed by atoms with Crippen LogP contribution < -0.4 is 4.74 Å². The van der Waals surface area contributed by atoms with Gasteiger partial charge in [0.25, 0.3) is 5.91 Å². The van der Waals surface area contributed by atoms with Crippen LogP contribution in [0.5, 0.6) is 5.75 Å². The summed E-state index contributed by atoms with van der Waals surface area (Å²) in [4.78, 5) is 17.5. The van der Waals surface area contributed by atoms with E-state index in [0.29, 0.717) is 27.4 Å². The number of hydrogen-bond donors (Lipinski definition) is 0. The maximum atomic E-state index is 13.2. The van der Waals surface area contributed by atoms with Crippen LogP contribution in [-0.4, -0.2) is 47.9 Å². The van der Waals surface area contributed by atoms with Crippen molar-refractivity contribution in [1.29, 1.82) is 0 Å². The Morgan fingerprint density at radius 2 is 1.86 bits per heavy atom. The number of carbonyl (C=O) groups is 1. The number of carbonyl (C=O) groups excluding carboxylic acids is 1. The summed E-state index contributed by atoms with van der Waals surface area (Å²) in [7, 11) is 1.89. The SMILES string of the molecule is CC(C)N1CCC(N(C)C(=O)c2ccccc2OCc2ccc(Cl)cc2Cl)CC1. The van der Waals surface area contributed by atoms with Crippen LogP contribution in [0.2, 0.25) is 10.0 Å². The minimum atomic E-state index is -0.00852. The van der Waals surface area contributed by atoms with E-state index in [-0.39, 0.29) is 18.6 Å². The Bertz CT molecular complexity index is 849. The van der Waals surface area contributed by atoms with Crippen LogP contribution in [0.25, 0.3) is 0 Å². The summed E-state index contributed by atoms with van der Waals surface area (Å²) in [6, 6.07) is 13.5. The standard InChI is InChI=1S/C23H28Cl2N2O2/c1-16(2)27-12-10-19(11-13-27)26(3)23(28)20-6-4-5-7-22(20)29-15-17-8-9-18(24)14-21(17)25/h4-9,14,16,19H,10-13,15H2,1-3H3. The number of likely N-dealkylation sites (tertiary alicyclic amines) is 1. The lowest BCUT2D eigenvalue weighted by atomic mass is 10.0. The van der Waals surface area contributed by atoms with E-state index in [2.05, 4.69) is 18.7 Å². The van der Waals surface area contributed by atoms with E-state index >= 15 is 0 Å². The molecule has 1 aliphatic rings. The Morgan fingerprint density at radius 1 is 1.17 bits per heavy atom. The molecule has 4 nitrogen and oxygen atoms in total. The van der Waals surface area contributed by atoms with Gasteiger partial charge in [-0.05, 0) is 51.0 Å². The number of piperidine rings is 1. The zero-order valence-electron chi connectivity index (χ0n) is 17.2. The Balaban J connectivity index is 1.68. The summed E-state index contributed by atoms with van der Waals surface area (Å²) in [6.45, 7) is 6.75. The highest BCUT2D eigenvalue weighted by atomic mass is 35.5. The normalized spacial score (nSPS) is 15.5. The number of benzene rings is 2. The Morgan fingerprint density at radius 3 is 2.52 bits per heavy atom. The van der Waals surface area contributed by atoms with Gasteiger partial charge in [-0.25, -0.2) is 0 Å². The largest absolute Gasteiger partial charge is 0.488 e. The van der Waals surface area contributed by atoms with Crippen LogP contribution in [0, 0.1) is 0 Å². The van der Waals surface area contributed by atoms with Crippen molar-refractivity contribution in [3.63, 3.8) is 0 Å². The predicted octanol–water partition coefficient (Wildman–Crippen LogP) is 5.52.